The van der Waals surface area contributed by atoms with Gasteiger partial charge in [-0.15, -0.1) is 0 Å². The van der Waals surface area contributed by atoms with Crippen molar-refractivity contribution in [3.05, 3.63) is 58.7 Å². The number of imidazole rings is 1. The van der Waals surface area contributed by atoms with Crippen LogP contribution in [0.15, 0.2) is 58.3 Å². The zero-order valence-corrected chi connectivity index (χ0v) is 18.2. The van der Waals surface area contributed by atoms with Crippen LogP contribution in [0.2, 0.25) is 0 Å². The van der Waals surface area contributed by atoms with Crippen LogP contribution in [0, 0.1) is 0 Å². The number of carbonyl (C=O) groups excluding carboxylic acids is 1. The molecule has 150 valence electrons. The number of rotatable bonds is 6. The molecule has 1 aliphatic rings. The standard InChI is InChI=1S/C21H20BrN3O3S/c1-13(15-4-7-18-19(10-15)28-9-8-27-18)24-20(26)12-29-21-23-11-17(25-21)14-2-5-16(22)6-3-14/h2-7,10-11,13H,8-9,12H2,1H3,(H,23,25)(H,24,26)/t13-/m0/s1. The molecule has 0 bridgehead atoms. The summed E-state index contributed by atoms with van der Waals surface area (Å²) in [6, 6.07) is 13.6. The number of amides is 1. The Bertz CT molecular complexity index is 1010. The number of halogens is 1. The highest BCUT2D eigenvalue weighted by molar-refractivity contribution is 9.10. The third kappa shape index (κ3) is 4.94. The Hall–Kier alpha value is -2.45. The van der Waals surface area contributed by atoms with Gasteiger partial charge in [-0.1, -0.05) is 45.9 Å². The summed E-state index contributed by atoms with van der Waals surface area (Å²) in [5.74, 6) is 1.69. The summed E-state index contributed by atoms with van der Waals surface area (Å²) in [7, 11) is 0. The number of thioether (sulfide) groups is 1. The van der Waals surface area contributed by atoms with Gasteiger partial charge in [0.25, 0.3) is 0 Å². The van der Waals surface area contributed by atoms with E-state index in [0.717, 1.165) is 32.8 Å². The summed E-state index contributed by atoms with van der Waals surface area (Å²) in [5.41, 5.74) is 2.94. The third-order valence-corrected chi connectivity index (χ3v) is 5.91. The zero-order chi connectivity index (χ0) is 20.2. The molecule has 3 aromatic rings. The van der Waals surface area contributed by atoms with Crippen LogP contribution in [0.5, 0.6) is 11.5 Å². The normalized spacial score (nSPS) is 13.7. The van der Waals surface area contributed by atoms with Gasteiger partial charge in [0.1, 0.15) is 13.2 Å². The van der Waals surface area contributed by atoms with Gasteiger partial charge in [-0.25, -0.2) is 4.98 Å². The molecule has 0 fully saturated rings. The average Bonchev–Trinajstić information content (AvgIpc) is 3.21. The number of benzene rings is 2. The maximum Gasteiger partial charge on any atom is 0.230 e. The molecule has 29 heavy (non-hydrogen) atoms. The van der Waals surface area contributed by atoms with Crippen molar-refractivity contribution in [2.75, 3.05) is 19.0 Å². The van der Waals surface area contributed by atoms with Crippen molar-refractivity contribution in [3.8, 4) is 22.8 Å². The van der Waals surface area contributed by atoms with Gasteiger partial charge in [0.2, 0.25) is 5.91 Å². The minimum atomic E-state index is -0.131. The van der Waals surface area contributed by atoms with Gasteiger partial charge in [0.05, 0.1) is 23.7 Å². The predicted octanol–water partition coefficient (Wildman–Crippen LogP) is 4.58. The lowest BCUT2D eigenvalue weighted by Crippen LogP contribution is -2.28. The van der Waals surface area contributed by atoms with Crippen LogP contribution in [-0.2, 0) is 4.79 Å². The maximum atomic E-state index is 12.4. The smallest absolute Gasteiger partial charge is 0.230 e. The largest absolute Gasteiger partial charge is 0.486 e. The van der Waals surface area contributed by atoms with Crippen molar-refractivity contribution in [2.45, 2.75) is 18.1 Å². The Morgan fingerprint density at radius 3 is 2.76 bits per heavy atom. The molecule has 6 nitrogen and oxygen atoms in total. The van der Waals surface area contributed by atoms with E-state index in [1.807, 2.05) is 49.4 Å². The molecule has 2 heterocycles. The molecule has 0 saturated heterocycles. The Morgan fingerprint density at radius 1 is 1.21 bits per heavy atom. The first-order valence-electron chi connectivity index (χ1n) is 9.21. The second-order valence-corrected chi connectivity index (χ2v) is 8.47. The number of aromatic nitrogens is 2. The molecule has 0 aliphatic carbocycles. The van der Waals surface area contributed by atoms with Crippen molar-refractivity contribution >= 4 is 33.6 Å². The first-order chi connectivity index (χ1) is 14.1. The third-order valence-electron chi connectivity index (χ3n) is 4.49. The number of nitrogens with one attached hydrogen (secondary N) is 2. The number of hydrogen-bond acceptors (Lipinski definition) is 5. The number of aromatic amines is 1. The predicted molar refractivity (Wildman–Crippen MR) is 116 cm³/mol. The Balaban J connectivity index is 1.31. The summed E-state index contributed by atoms with van der Waals surface area (Å²) in [6.07, 6.45) is 1.78. The molecule has 4 rings (SSSR count). The lowest BCUT2D eigenvalue weighted by atomic mass is 10.1. The topological polar surface area (TPSA) is 76.2 Å². The fourth-order valence-corrected chi connectivity index (χ4v) is 3.91. The molecule has 2 N–H and O–H groups in total. The van der Waals surface area contributed by atoms with Gasteiger partial charge in [-0.2, -0.15) is 0 Å². The van der Waals surface area contributed by atoms with Crippen molar-refractivity contribution < 1.29 is 14.3 Å². The van der Waals surface area contributed by atoms with E-state index in [1.54, 1.807) is 6.20 Å². The van der Waals surface area contributed by atoms with Gasteiger partial charge in [-0.05, 0) is 42.3 Å². The van der Waals surface area contributed by atoms with E-state index in [-0.39, 0.29) is 17.7 Å². The highest BCUT2D eigenvalue weighted by Gasteiger charge is 2.16. The number of ether oxygens (including phenoxy) is 2. The van der Waals surface area contributed by atoms with Crippen molar-refractivity contribution in [3.63, 3.8) is 0 Å². The summed E-state index contributed by atoms with van der Waals surface area (Å²) in [5, 5.41) is 3.73. The molecule has 1 aromatic heterocycles. The molecule has 2 aromatic carbocycles. The SMILES string of the molecule is C[C@H](NC(=O)CSc1ncc(-c2ccc(Br)cc2)[nH]1)c1ccc2c(c1)OCCO2. The van der Waals surface area contributed by atoms with Crippen molar-refractivity contribution in [1.29, 1.82) is 0 Å². The molecular formula is C21H20BrN3O3S. The van der Waals surface area contributed by atoms with Gasteiger partial charge in [0.15, 0.2) is 16.7 Å². The van der Waals surface area contributed by atoms with Gasteiger partial charge in [-0.3, -0.25) is 4.79 Å². The van der Waals surface area contributed by atoms with Gasteiger partial charge < -0.3 is 19.8 Å². The summed E-state index contributed by atoms with van der Waals surface area (Å²) in [4.78, 5) is 20.0. The number of H-pyrrole nitrogens is 1. The van der Waals surface area contributed by atoms with Crippen LogP contribution in [0.1, 0.15) is 18.5 Å². The number of nitrogens with zero attached hydrogens (tertiary/aromatic N) is 1. The van der Waals surface area contributed by atoms with E-state index in [0.29, 0.717) is 18.4 Å². The van der Waals surface area contributed by atoms with E-state index < -0.39 is 0 Å². The second kappa shape index (κ2) is 8.92. The molecule has 1 amide bonds. The number of carbonyl (C=O) groups is 1. The van der Waals surface area contributed by atoms with Crippen LogP contribution in [-0.4, -0.2) is 34.8 Å². The lowest BCUT2D eigenvalue weighted by molar-refractivity contribution is -0.119. The molecule has 0 saturated carbocycles. The minimum Gasteiger partial charge on any atom is -0.486 e. The fraction of sp³-hybridized carbons (Fsp3) is 0.238. The first-order valence-corrected chi connectivity index (χ1v) is 11.0. The molecule has 1 aliphatic heterocycles. The fourth-order valence-electron chi connectivity index (χ4n) is 2.98. The van der Waals surface area contributed by atoms with E-state index >= 15 is 0 Å². The molecule has 1 atom stereocenters. The molecule has 0 radical (unpaired) electrons. The van der Waals surface area contributed by atoms with Crippen LogP contribution < -0.4 is 14.8 Å². The van der Waals surface area contributed by atoms with Crippen LogP contribution in [0.3, 0.4) is 0 Å². The number of fused-ring (bicyclic) bond motifs is 1. The first kappa shape index (κ1) is 19.8. The Labute approximate surface area is 181 Å². The van der Waals surface area contributed by atoms with Gasteiger partial charge >= 0.3 is 0 Å². The highest BCUT2D eigenvalue weighted by Crippen LogP contribution is 2.32. The quantitative estimate of drug-likeness (QED) is 0.512. The highest BCUT2D eigenvalue weighted by atomic mass is 79.9. The minimum absolute atomic E-state index is 0.0565. The Kier molecular flexibility index (Phi) is 6.10. The monoisotopic (exact) mass is 473 g/mol. The average molecular weight is 474 g/mol. The molecule has 0 spiro atoms. The lowest BCUT2D eigenvalue weighted by Gasteiger charge is -2.21. The van der Waals surface area contributed by atoms with E-state index in [2.05, 4.69) is 31.2 Å². The number of hydrogen-bond donors (Lipinski definition) is 2. The van der Waals surface area contributed by atoms with Crippen LogP contribution in [0.4, 0.5) is 0 Å². The van der Waals surface area contributed by atoms with Crippen LogP contribution >= 0.6 is 27.7 Å². The van der Waals surface area contributed by atoms with E-state index in [9.17, 15) is 4.79 Å². The zero-order valence-electron chi connectivity index (χ0n) is 15.8. The maximum absolute atomic E-state index is 12.4. The van der Waals surface area contributed by atoms with Gasteiger partial charge in [0, 0.05) is 4.47 Å². The van der Waals surface area contributed by atoms with Crippen LogP contribution in [0.25, 0.3) is 11.3 Å². The summed E-state index contributed by atoms with van der Waals surface area (Å²) >= 11 is 4.81. The van der Waals surface area contributed by atoms with Crippen molar-refractivity contribution in [2.24, 2.45) is 0 Å². The molecular weight excluding hydrogens is 454 g/mol. The molecule has 0 unspecified atom stereocenters. The van der Waals surface area contributed by atoms with Crippen molar-refractivity contribution in [1.82, 2.24) is 15.3 Å². The van der Waals surface area contributed by atoms with E-state index in [4.69, 9.17) is 9.47 Å². The second-order valence-electron chi connectivity index (χ2n) is 6.59. The summed E-state index contributed by atoms with van der Waals surface area (Å²) in [6.45, 7) is 3.05. The van der Waals surface area contributed by atoms with E-state index in [1.165, 1.54) is 11.8 Å². The molecule has 8 heteroatoms. The Morgan fingerprint density at radius 2 is 1.97 bits per heavy atom. The summed E-state index contributed by atoms with van der Waals surface area (Å²) < 4.78 is 12.2.